The molecule has 4 rings (SSSR count). The molecule has 2 aliphatic heterocycles. The van der Waals surface area contributed by atoms with Gasteiger partial charge in [-0.25, -0.2) is 0 Å². The first-order valence-corrected chi connectivity index (χ1v) is 9.28. The first kappa shape index (κ1) is 17.2. The Morgan fingerprint density at radius 2 is 2.08 bits per heavy atom. The van der Waals surface area contributed by atoms with Crippen LogP contribution in [0.3, 0.4) is 0 Å². The lowest BCUT2D eigenvalue weighted by Crippen LogP contribution is -2.30. The van der Waals surface area contributed by atoms with Crippen molar-refractivity contribution in [2.75, 3.05) is 40.1 Å². The second kappa shape index (κ2) is 7.98. The van der Waals surface area contributed by atoms with Crippen LogP contribution in [0.2, 0.25) is 0 Å². The molecule has 138 valence electrons. The third kappa shape index (κ3) is 3.79. The zero-order chi connectivity index (χ0) is 17.8. The smallest absolute Gasteiger partial charge is 0.231 e. The van der Waals surface area contributed by atoms with Crippen molar-refractivity contribution in [2.24, 2.45) is 0 Å². The zero-order valence-electron chi connectivity index (χ0n) is 15.2. The average molecular weight is 354 g/mol. The van der Waals surface area contributed by atoms with Crippen molar-refractivity contribution >= 4 is 0 Å². The van der Waals surface area contributed by atoms with Crippen LogP contribution in [0, 0.1) is 0 Å². The number of methoxy groups -OCH3 is 1. The van der Waals surface area contributed by atoms with Gasteiger partial charge in [-0.05, 0) is 42.1 Å². The van der Waals surface area contributed by atoms with Crippen molar-refractivity contribution in [3.63, 3.8) is 0 Å². The minimum atomic E-state index is 0.264. The number of fused-ring (bicyclic) bond motifs is 1. The standard InChI is InChI=1S/C21H26N2O3/c1-24-19-11-16(12-20-21(19)26-15-25-20)13-22-8-10-23-9-7-18(14-23)17-5-3-2-4-6-17/h2-6,11-12,18,22H,7-10,13-15H2,1H3. The van der Waals surface area contributed by atoms with Crippen LogP contribution in [0.1, 0.15) is 23.5 Å². The van der Waals surface area contributed by atoms with Crippen LogP contribution in [0.15, 0.2) is 42.5 Å². The monoisotopic (exact) mass is 354 g/mol. The van der Waals surface area contributed by atoms with E-state index >= 15 is 0 Å². The number of nitrogens with zero attached hydrogens (tertiary/aromatic N) is 1. The SMILES string of the molecule is COc1cc(CNCCN2CCC(c3ccccc3)C2)cc2c1OCO2. The molecule has 2 heterocycles. The fourth-order valence-corrected chi connectivity index (χ4v) is 3.79. The Kier molecular flexibility index (Phi) is 5.27. The van der Waals surface area contributed by atoms with Gasteiger partial charge in [-0.3, -0.25) is 0 Å². The second-order valence-corrected chi connectivity index (χ2v) is 6.91. The number of likely N-dealkylation sites (tertiary alicyclic amines) is 1. The quantitative estimate of drug-likeness (QED) is 0.775. The summed E-state index contributed by atoms with van der Waals surface area (Å²) in [5.74, 6) is 2.89. The van der Waals surface area contributed by atoms with E-state index < -0.39 is 0 Å². The largest absolute Gasteiger partial charge is 0.493 e. The third-order valence-corrected chi connectivity index (χ3v) is 5.20. The molecule has 5 heteroatoms. The lowest BCUT2D eigenvalue weighted by atomic mass is 9.99. The summed E-state index contributed by atoms with van der Waals surface area (Å²) in [7, 11) is 1.66. The maximum absolute atomic E-state index is 5.48. The molecule has 1 N–H and O–H groups in total. The molecule has 2 aromatic carbocycles. The van der Waals surface area contributed by atoms with E-state index in [1.807, 2.05) is 12.1 Å². The molecule has 2 aromatic rings. The van der Waals surface area contributed by atoms with Crippen molar-refractivity contribution in [2.45, 2.75) is 18.9 Å². The molecule has 1 saturated heterocycles. The van der Waals surface area contributed by atoms with Gasteiger partial charge in [0.25, 0.3) is 0 Å². The van der Waals surface area contributed by atoms with Crippen molar-refractivity contribution in [3.05, 3.63) is 53.6 Å². The molecule has 0 bridgehead atoms. The highest BCUT2D eigenvalue weighted by Gasteiger charge is 2.23. The molecular weight excluding hydrogens is 328 g/mol. The van der Waals surface area contributed by atoms with E-state index in [2.05, 4.69) is 40.5 Å². The van der Waals surface area contributed by atoms with Gasteiger partial charge < -0.3 is 24.4 Å². The van der Waals surface area contributed by atoms with Crippen molar-refractivity contribution in [1.82, 2.24) is 10.2 Å². The highest BCUT2D eigenvalue weighted by Crippen LogP contribution is 2.41. The van der Waals surface area contributed by atoms with E-state index in [1.165, 1.54) is 18.5 Å². The number of nitrogens with one attached hydrogen (secondary N) is 1. The molecule has 0 spiro atoms. The maximum Gasteiger partial charge on any atom is 0.231 e. The summed E-state index contributed by atoms with van der Waals surface area (Å²) in [6, 6.07) is 14.9. The van der Waals surface area contributed by atoms with Gasteiger partial charge in [-0.15, -0.1) is 0 Å². The summed E-state index contributed by atoms with van der Waals surface area (Å²) in [6.07, 6.45) is 1.25. The van der Waals surface area contributed by atoms with E-state index in [1.54, 1.807) is 7.11 Å². The highest BCUT2D eigenvalue weighted by molar-refractivity contribution is 5.55. The molecule has 0 amide bonds. The Morgan fingerprint density at radius 3 is 2.92 bits per heavy atom. The van der Waals surface area contributed by atoms with Gasteiger partial charge in [0.15, 0.2) is 11.5 Å². The number of ether oxygens (including phenoxy) is 3. The van der Waals surface area contributed by atoms with E-state index in [9.17, 15) is 0 Å². The first-order chi connectivity index (χ1) is 12.8. The van der Waals surface area contributed by atoms with E-state index in [0.717, 1.165) is 43.2 Å². The van der Waals surface area contributed by atoms with Crippen LogP contribution in [-0.2, 0) is 6.54 Å². The van der Waals surface area contributed by atoms with Crippen LogP contribution >= 0.6 is 0 Å². The van der Waals surface area contributed by atoms with E-state index in [4.69, 9.17) is 14.2 Å². The van der Waals surface area contributed by atoms with Crippen LogP contribution in [0.5, 0.6) is 17.2 Å². The predicted molar refractivity (Wildman–Crippen MR) is 101 cm³/mol. The molecule has 0 aliphatic carbocycles. The molecule has 26 heavy (non-hydrogen) atoms. The summed E-state index contributed by atoms with van der Waals surface area (Å²) in [5.41, 5.74) is 2.62. The first-order valence-electron chi connectivity index (χ1n) is 9.28. The Hall–Kier alpha value is -2.24. The number of rotatable bonds is 7. The Bertz CT molecular complexity index is 736. The van der Waals surface area contributed by atoms with Crippen LogP contribution < -0.4 is 19.5 Å². The van der Waals surface area contributed by atoms with Gasteiger partial charge in [0, 0.05) is 26.2 Å². The van der Waals surface area contributed by atoms with Gasteiger partial charge in [0.1, 0.15) is 0 Å². The van der Waals surface area contributed by atoms with E-state index in [-0.39, 0.29) is 6.79 Å². The summed E-state index contributed by atoms with van der Waals surface area (Å²) in [6.45, 7) is 5.44. The Balaban J connectivity index is 1.24. The summed E-state index contributed by atoms with van der Waals surface area (Å²) in [4.78, 5) is 2.55. The summed E-state index contributed by atoms with van der Waals surface area (Å²) < 4.78 is 16.3. The highest BCUT2D eigenvalue weighted by atomic mass is 16.7. The molecule has 0 saturated carbocycles. The molecular formula is C21H26N2O3. The number of hydrogen-bond acceptors (Lipinski definition) is 5. The molecule has 1 atom stereocenters. The van der Waals surface area contributed by atoms with Gasteiger partial charge >= 0.3 is 0 Å². The zero-order valence-corrected chi connectivity index (χ0v) is 15.2. The van der Waals surface area contributed by atoms with Crippen molar-refractivity contribution in [3.8, 4) is 17.2 Å². The third-order valence-electron chi connectivity index (χ3n) is 5.20. The summed E-state index contributed by atoms with van der Waals surface area (Å²) >= 11 is 0. The minimum absolute atomic E-state index is 0.264. The molecule has 0 radical (unpaired) electrons. The lowest BCUT2D eigenvalue weighted by molar-refractivity contribution is 0.171. The lowest BCUT2D eigenvalue weighted by Gasteiger charge is -2.17. The molecule has 1 fully saturated rings. The van der Waals surface area contributed by atoms with Crippen molar-refractivity contribution in [1.29, 1.82) is 0 Å². The van der Waals surface area contributed by atoms with Crippen LogP contribution in [0.25, 0.3) is 0 Å². The van der Waals surface area contributed by atoms with Crippen LogP contribution in [-0.4, -0.2) is 45.0 Å². The van der Waals surface area contributed by atoms with Gasteiger partial charge in [-0.2, -0.15) is 0 Å². The van der Waals surface area contributed by atoms with Gasteiger partial charge in [0.05, 0.1) is 7.11 Å². The predicted octanol–water partition coefficient (Wildman–Crippen LogP) is 3.00. The fraction of sp³-hybridized carbons (Fsp3) is 0.429. The molecule has 2 aliphatic rings. The molecule has 0 aromatic heterocycles. The summed E-state index contributed by atoms with van der Waals surface area (Å²) in [5, 5.41) is 3.53. The topological polar surface area (TPSA) is 43.0 Å². The van der Waals surface area contributed by atoms with Gasteiger partial charge in [-0.1, -0.05) is 30.3 Å². The second-order valence-electron chi connectivity index (χ2n) is 6.91. The number of benzene rings is 2. The molecule has 1 unspecified atom stereocenters. The maximum atomic E-state index is 5.48. The Morgan fingerprint density at radius 1 is 1.19 bits per heavy atom. The normalized spacial score (nSPS) is 19.0. The van der Waals surface area contributed by atoms with Gasteiger partial charge in [0.2, 0.25) is 12.5 Å². The minimum Gasteiger partial charge on any atom is -0.493 e. The molecule has 5 nitrogen and oxygen atoms in total. The average Bonchev–Trinajstić information content (AvgIpc) is 3.34. The fourth-order valence-electron chi connectivity index (χ4n) is 3.79. The van der Waals surface area contributed by atoms with Crippen LogP contribution in [0.4, 0.5) is 0 Å². The Labute approximate surface area is 154 Å². The van der Waals surface area contributed by atoms with Crippen molar-refractivity contribution < 1.29 is 14.2 Å². The number of hydrogen-bond donors (Lipinski definition) is 1. The van der Waals surface area contributed by atoms with E-state index in [0.29, 0.717) is 11.7 Å².